The fraction of sp³-hybridized carbons (Fsp3) is 0.931. The van der Waals surface area contributed by atoms with Gasteiger partial charge in [0.25, 0.3) is 0 Å². The number of carbonyl (C=O) groups excluding carboxylic acids is 2. The summed E-state index contributed by atoms with van der Waals surface area (Å²) in [5.74, 6) is -0.531. The van der Waals surface area contributed by atoms with Gasteiger partial charge in [0.1, 0.15) is 13.2 Å². The van der Waals surface area contributed by atoms with E-state index in [0.29, 0.717) is 12.8 Å². The Kier molecular flexibility index (Phi) is 24.6. The van der Waals surface area contributed by atoms with Crippen LogP contribution in [0.2, 0.25) is 0 Å². The molecule has 7 heteroatoms. The van der Waals surface area contributed by atoms with Crippen LogP contribution in [-0.4, -0.2) is 60.3 Å². The predicted molar refractivity (Wildman–Crippen MR) is 144 cm³/mol. The number of aliphatic hydroxyl groups excluding tert-OH is 3. The first-order chi connectivity index (χ1) is 17.5. The molecule has 0 bridgehead atoms. The van der Waals surface area contributed by atoms with Crippen LogP contribution in [0.1, 0.15) is 135 Å². The topological polar surface area (TPSA) is 113 Å². The molecule has 36 heavy (non-hydrogen) atoms. The summed E-state index contributed by atoms with van der Waals surface area (Å²) >= 11 is 0. The number of carbonyl (C=O) groups is 2. The fourth-order valence-electron chi connectivity index (χ4n) is 4.02. The first-order valence-electron chi connectivity index (χ1n) is 14.6. The van der Waals surface area contributed by atoms with Crippen molar-refractivity contribution in [2.75, 3.05) is 33.0 Å². The van der Waals surface area contributed by atoms with Crippen molar-refractivity contribution in [3.63, 3.8) is 0 Å². The molecule has 0 aliphatic rings. The zero-order valence-electron chi connectivity index (χ0n) is 23.2. The molecule has 0 rings (SSSR count). The van der Waals surface area contributed by atoms with Crippen LogP contribution in [0.3, 0.4) is 0 Å². The summed E-state index contributed by atoms with van der Waals surface area (Å²) < 4.78 is 10.7. The van der Waals surface area contributed by atoms with Crippen molar-refractivity contribution < 1.29 is 34.4 Å². The Balaban J connectivity index is 3.73. The van der Waals surface area contributed by atoms with Crippen molar-refractivity contribution >= 4 is 11.9 Å². The Morgan fingerprint density at radius 1 is 0.500 bits per heavy atom. The summed E-state index contributed by atoms with van der Waals surface area (Å²) in [5.41, 5.74) is -0.780. The highest BCUT2D eigenvalue weighted by atomic mass is 16.5. The molecule has 0 atom stereocenters. The van der Waals surface area contributed by atoms with Crippen LogP contribution in [0.25, 0.3) is 0 Å². The monoisotopic (exact) mass is 516 g/mol. The van der Waals surface area contributed by atoms with Gasteiger partial charge in [0.05, 0.1) is 12.0 Å². The second-order valence-corrected chi connectivity index (χ2v) is 10.6. The van der Waals surface area contributed by atoms with E-state index in [0.717, 1.165) is 64.2 Å². The van der Waals surface area contributed by atoms with Crippen LogP contribution < -0.4 is 0 Å². The normalized spacial score (nSPS) is 11.6. The molecule has 214 valence electrons. The molecule has 0 aromatic rings. The standard InChI is InChI=1S/C29H56O7/c1-29(24-32,25-35-27(33)20-16-12-8-4-2-6-10-14-18-22-30)26-36-28(34)21-17-13-9-5-3-7-11-15-19-23-31/h30-32H,2-26H2,1H3. The van der Waals surface area contributed by atoms with Crippen LogP contribution in [0.4, 0.5) is 0 Å². The molecule has 0 spiro atoms. The lowest BCUT2D eigenvalue weighted by molar-refractivity contribution is -0.155. The maximum atomic E-state index is 12.1. The summed E-state index contributed by atoms with van der Waals surface area (Å²) in [6.07, 6.45) is 20.1. The zero-order valence-corrected chi connectivity index (χ0v) is 23.2. The molecule has 0 amide bonds. The van der Waals surface area contributed by atoms with E-state index in [1.54, 1.807) is 6.92 Å². The predicted octanol–water partition coefficient (Wildman–Crippen LogP) is 5.86. The number of hydrogen-bond acceptors (Lipinski definition) is 7. The van der Waals surface area contributed by atoms with Crippen molar-refractivity contribution in [1.82, 2.24) is 0 Å². The Labute approximate surface area is 220 Å². The third-order valence-corrected chi connectivity index (χ3v) is 6.62. The summed E-state index contributed by atoms with van der Waals surface area (Å²) in [7, 11) is 0. The van der Waals surface area contributed by atoms with E-state index in [1.807, 2.05) is 0 Å². The lowest BCUT2D eigenvalue weighted by Crippen LogP contribution is -2.35. The minimum Gasteiger partial charge on any atom is -0.465 e. The van der Waals surface area contributed by atoms with Gasteiger partial charge in [0.15, 0.2) is 0 Å². The molecule has 0 aliphatic heterocycles. The maximum absolute atomic E-state index is 12.1. The van der Waals surface area contributed by atoms with Gasteiger partial charge in [-0.05, 0) is 25.7 Å². The van der Waals surface area contributed by atoms with Crippen LogP contribution in [0.5, 0.6) is 0 Å². The second-order valence-electron chi connectivity index (χ2n) is 10.6. The largest absolute Gasteiger partial charge is 0.465 e. The second kappa shape index (κ2) is 25.5. The molecule has 0 saturated heterocycles. The van der Waals surface area contributed by atoms with Gasteiger partial charge in [0.2, 0.25) is 0 Å². The molecule has 7 nitrogen and oxygen atoms in total. The molecule has 0 aliphatic carbocycles. The molecule has 0 radical (unpaired) electrons. The van der Waals surface area contributed by atoms with Crippen LogP contribution in [0, 0.1) is 5.41 Å². The first-order valence-corrected chi connectivity index (χ1v) is 14.6. The molecule has 3 N–H and O–H groups in total. The number of ether oxygens (including phenoxy) is 2. The van der Waals surface area contributed by atoms with Gasteiger partial charge in [0, 0.05) is 26.1 Å². The van der Waals surface area contributed by atoms with Gasteiger partial charge in [-0.25, -0.2) is 0 Å². The van der Waals surface area contributed by atoms with Crippen molar-refractivity contribution in [2.24, 2.45) is 5.41 Å². The lowest BCUT2D eigenvalue weighted by Gasteiger charge is -2.26. The van der Waals surface area contributed by atoms with Crippen molar-refractivity contribution in [1.29, 1.82) is 0 Å². The van der Waals surface area contributed by atoms with Gasteiger partial charge in [-0.1, -0.05) is 96.8 Å². The number of rotatable bonds is 27. The van der Waals surface area contributed by atoms with E-state index in [9.17, 15) is 14.7 Å². The first kappa shape index (κ1) is 34.8. The number of esters is 2. The van der Waals surface area contributed by atoms with Gasteiger partial charge in [-0.2, -0.15) is 0 Å². The van der Waals surface area contributed by atoms with E-state index in [-0.39, 0.29) is 45.0 Å². The average Bonchev–Trinajstić information content (AvgIpc) is 2.88. The molecule has 0 fully saturated rings. The van der Waals surface area contributed by atoms with E-state index in [1.165, 1.54) is 51.4 Å². The molecular weight excluding hydrogens is 460 g/mol. The Hall–Kier alpha value is -1.18. The highest BCUT2D eigenvalue weighted by molar-refractivity contribution is 5.69. The van der Waals surface area contributed by atoms with Gasteiger partial charge < -0.3 is 24.8 Å². The smallest absolute Gasteiger partial charge is 0.305 e. The average molecular weight is 517 g/mol. The highest BCUT2D eigenvalue weighted by Crippen LogP contribution is 2.19. The lowest BCUT2D eigenvalue weighted by atomic mass is 9.94. The quantitative estimate of drug-likeness (QED) is 0.0926. The number of hydrogen-bond donors (Lipinski definition) is 3. The third-order valence-electron chi connectivity index (χ3n) is 6.62. The van der Waals surface area contributed by atoms with Crippen molar-refractivity contribution in [2.45, 2.75) is 135 Å². The Morgan fingerprint density at radius 2 is 0.778 bits per heavy atom. The molecule has 0 saturated carbocycles. The zero-order chi connectivity index (χ0) is 26.7. The molecule has 0 aromatic carbocycles. The number of aliphatic hydroxyl groups is 3. The van der Waals surface area contributed by atoms with Crippen LogP contribution >= 0.6 is 0 Å². The van der Waals surface area contributed by atoms with Crippen LogP contribution in [-0.2, 0) is 19.1 Å². The van der Waals surface area contributed by atoms with E-state index < -0.39 is 5.41 Å². The van der Waals surface area contributed by atoms with E-state index in [2.05, 4.69) is 0 Å². The highest BCUT2D eigenvalue weighted by Gasteiger charge is 2.27. The molecule has 0 heterocycles. The van der Waals surface area contributed by atoms with E-state index in [4.69, 9.17) is 19.7 Å². The van der Waals surface area contributed by atoms with Gasteiger partial charge in [-0.3, -0.25) is 9.59 Å². The minimum absolute atomic E-state index is 0.0434. The van der Waals surface area contributed by atoms with Gasteiger partial charge >= 0.3 is 11.9 Å². The summed E-state index contributed by atoms with van der Waals surface area (Å²) in [4.78, 5) is 24.1. The summed E-state index contributed by atoms with van der Waals surface area (Å²) in [5, 5.41) is 27.3. The Bertz CT molecular complexity index is 470. The fourth-order valence-corrected chi connectivity index (χ4v) is 4.02. The van der Waals surface area contributed by atoms with Crippen molar-refractivity contribution in [3.05, 3.63) is 0 Å². The molecule has 0 unspecified atom stereocenters. The van der Waals surface area contributed by atoms with Crippen LogP contribution in [0.15, 0.2) is 0 Å². The Morgan fingerprint density at radius 3 is 1.06 bits per heavy atom. The molecular formula is C29H56O7. The number of unbranched alkanes of at least 4 members (excludes halogenated alkanes) is 16. The minimum atomic E-state index is -0.780. The molecule has 0 aromatic heterocycles. The summed E-state index contributed by atoms with van der Waals surface area (Å²) in [6, 6.07) is 0. The maximum Gasteiger partial charge on any atom is 0.305 e. The van der Waals surface area contributed by atoms with E-state index >= 15 is 0 Å². The third kappa shape index (κ3) is 23.2. The summed E-state index contributed by atoms with van der Waals surface area (Å²) in [6.45, 7) is 2.20. The van der Waals surface area contributed by atoms with Gasteiger partial charge in [-0.15, -0.1) is 0 Å². The van der Waals surface area contributed by atoms with Crippen molar-refractivity contribution in [3.8, 4) is 0 Å². The SMILES string of the molecule is CC(CO)(COC(=O)CCCCCCCCCCCO)COC(=O)CCCCCCCCCCCO.